The zero-order chi connectivity index (χ0) is 15.4. The summed E-state index contributed by atoms with van der Waals surface area (Å²) < 4.78 is 0. The van der Waals surface area contributed by atoms with Gasteiger partial charge < -0.3 is 5.32 Å². The molecular weight excluding hydrogens is 294 g/mol. The van der Waals surface area contributed by atoms with Crippen molar-refractivity contribution in [1.29, 1.82) is 0 Å². The van der Waals surface area contributed by atoms with Gasteiger partial charge in [0.15, 0.2) is 5.16 Å². The third kappa shape index (κ3) is 3.65. The Morgan fingerprint density at radius 3 is 2.82 bits per heavy atom. The van der Waals surface area contributed by atoms with E-state index in [1.807, 2.05) is 43.3 Å². The van der Waals surface area contributed by atoms with Crippen LogP contribution in [0.3, 0.4) is 0 Å². The van der Waals surface area contributed by atoms with Crippen molar-refractivity contribution in [3.63, 3.8) is 0 Å². The first-order chi connectivity index (χ1) is 10.7. The Morgan fingerprint density at radius 1 is 1.18 bits per heavy atom. The Morgan fingerprint density at radius 2 is 2.00 bits per heavy atom. The quantitative estimate of drug-likeness (QED) is 0.884. The van der Waals surface area contributed by atoms with Crippen LogP contribution >= 0.6 is 11.8 Å². The highest BCUT2D eigenvalue weighted by Crippen LogP contribution is 2.27. The minimum absolute atomic E-state index is 0.0899. The van der Waals surface area contributed by atoms with Gasteiger partial charge in [-0.2, -0.15) is 0 Å². The predicted octanol–water partition coefficient (Wildman–Crippen LogP) is 3.21. The molecule has 0 spiro atoms. The number of thioether (sulfide) groups is 1. The molecule has 1 N–H and O–H groups in total. The predicted molar refractivity (Wildman–Crippen MR) is 88.7 cm³/mol. The average molecular weight is 313 g/mol. The first kappa shape index (κ1) is 15.0. The lowest BCUT2D eigenvalue weighted by molar-refractivity contribution is -0.120. The number of carbonyl (C=O) groups excluding carboxylic acids is 1. The average Bonchev–Trinajstić information content (AvgIpc) is 2.73. The van der Waals surface area contributed by atoms with Crippen LogP contribution in [0.5, 0.6) is 0 Å². The molecule has 3 rings (SSSR count). The van der Waals surface area contributed by atoms with Crippen molar-refractivity contribution in [2.24, 2.45) is 0 Å². The van der Waals surface area contributed by atoms with E-state index in [-0.39, 0.29) is 11.2 Å². The number of amides is 1. The van der Waals surface area contributed by atoms with Crippen LogP contribution < -0.4 is 5.32 Å². The second-order valence-corrected chi connectivity index (χ2v) is 6.61. The van der Waals surface area contributed by atoms with Crippen LogP contribution in [-0.2, 0) is 4.79 Å². The molecule has 0 saturated carbocycles. The molecule has 1 amide bonds. The maximum Gasteiger partial charge on any atom is 0.233 e. The SMILES string of the molecule is Cc1cc(-c2ccccc2)nc(S[C@@H]2CCCCNC2=O)n1. The molecule has 5 heteroatoms. The smallest absolute Gasteiger partial charge is 0.233 e. The second-order valence-electron chi connectivity index (χ2n) is 5.44. The van der Waals surface area contributed by atoms with Gasteiger partial charge in [-0.15, -0.1) is 0 Å². The number of nitrogens with zero attached hydrogens (tertiary/aromatic N) is 2. The van der Waals surface area contributed by atoms with Gasteiger partial charge in [-0.3, -0.25) is 4.79 Å². The molecule has 0 radical (unpaired) electrons. The summed E-state index contributed by atoms with van der Waals surface area (Å²) in [6, 6.07) is 12.0. The van der Waals surface area contributed by atoms with Crippen LogP contribution in [-0.4, -0.2) is 27.7 Å². The van der Waals surface area contributed by atoms with E-state index < -0.39 is 0 Å². The molecule has 1 aromatic carbocycles. The molecule has 0 unspecified atom stereocenters. The molecule has 114 valence electrons. The van der Waals surface area contributed by atoms with Crippen LogP contribution in [0.15, 0.2) is 41.6 Å². The van der Waals surface area contributed by atoms with Crippen molar-refractivity contribution in [1.82, 2.24) is 15.3 Å². The molecular formula is C17H19N3OS. The highest BCUT2D eigenvalue weighted by Gasteiger charge is 2.23. The van der Waals surface area contributed by atoms with E-state index >= 15 is 0 Å². The fraction of sp³-hybridized carbons (Fsp3) is 0.353. The Labute approximate surface area is 134 Å². The van der Waals surface area contributed by atoms with Crippen molar-refractivity contribution < 1.29 is 4.79 Å². The van der Waals surface area contributed by atoms with E-state index in [0.717, 1.165) is 42.8 Å². The largest absolute Gasteiger partial charge is 0.355 e. The lowest BCUT2D eigenvalue weighted by atomic mass is 10.1. The lowest BCUT2D eigenvalue weighted by Gasteiger charge is -2.12. The van der Waals surface area contributed by atoms with Crippen molar-refractivity contribution >= 4 is 17.7 Å². The van der Waals surface area contributed by atoms with Gasteiger partial charge in [-0.25, -0.2) is 9.97 Å². The molecule has 0 bridgehead atoms. The molecule has 1 aliphatic rings. The van der Waals surface area contributed by atoms with E-state index in [2.05, 4.69) is 15.3 Å². The van der Waals surface area contributed by atoms with Gasteiger partial charge in [0.2, 0.25) is 5.91 Å². The number of rotatable bonds is 3. The maximum absolute atomic E-state index is 12.1. The molecule has 1 atom stereocenters. The topological polar surface area (TPSA) is 54.9 Å². The van der Waals surface area contributed by atoms with Crippen LogP contribution in [0.25, 0.3) is 11.3 Å². The van der Waals surface area contributed by atoms with Crippen molar-refractivity contribution in [3.8, 4) is 11.3 Å². The number of aryl methyl sites for hydroxylation is 1. The highest BCUT2D eigenvalue weighted by molar-refractivity contribution is 8.00. The number of benzene rings is 1. The molecule has 1 fully saturated rings. The number of carbonyl (C=O) groups is 1. The zero-order valence-corrected chi connectivity index (χ0v) is 13.4. The summed E-state index contributed by atoms with van der Waals surface area (Å²) >= 11 is 1.47. The second kappa shape index (κ2) is 6.92. The number of aromatic nitrogens is 2. The van der Waals surface area contributed by atoms with Crippen molar-refractivity contribution in [2.75, 3.05) is 6.54 Å². The summed E-state index contributed by atoms with van der Waals surface area (Å²) in [5.41, 5.74) is 2.90. The van der Waals surface area contributed by atoms with Crippen molar-refractivity contribution in [2.45, 2.75) is 36.6 Å². The first-order valence-electron chi connectivity index (χ1n) is 7.58. The summed E-state index contributed by atoms with van der Waals surface area (Å²) in [4.78, 5) is 21.2. The molecule has 2 heterocycles. The van der Waals surface area contributed by atoms with Crippen molar-refractivity contribution in [3.05, 3.63) is 42.1 Å². The van der Waals surface area contributed by atoms with Gasteiger partial charge in [-0.05, 0) is 25.8 Å². The minimum atomic E-state index is -0.0899. The zero-order valence-electron chi connectivity index (χ0n) is 12.6. The summed E-state index contributed by atoms with van der Waals surface area (Å²) in [6.07, 6.45) is 3.00. The molecule has 1 aromatic heterocycles. The van der Waals surface area contributed by atoms with Gasteiger partial charge >= 0.3 is 0 Å². The van der Waals surface area contributed by atoms with Gasteiger partial charge in [0.1, 0.15) is 0 Å². The Bertz CT molecular complexity index is 660. The van der Waals surface area contributed by atoms with Gasteiger partial charge in [-0.1, -0.05) is 48.5 Å². The van der Waals surface area contributed by atoms with E-state index in [1.54, 1.807) is 0 Å². The summed E-state index contributed by atoms with van der Waals surface area (Å²) in [5, 5.41) is 3.55. The fourth-order valence-electron chi connectivity index (χ4n) is 2.50. The normalized spacial score (nSPS) is 18.6. The van der Waals surface area contributed by atoms with Gasteiger partial charge in [0.25, 0.3) is 0 Å². The summed E-state index contributed by atoms with van der Waals surface area (Å²) in [7, 11) is 0. The molecule has 22 heavy (non-hydrogen) atoms. The Kier molecular flexibility index (Phi) is 4.73. The molecule has 0 aliphatic carbocycles. The molecule has 2 aromatic rings. The van der Waals surface area contributed by atoms with E-state index in [4.69, 9.17) is 0 Å². The van der Waals surface area contributed by atoms with Gasteiger partial charge in [0, 0.05) is 17.8 Å². The Hall–Kier alpha value is -1.88. The maximum atomic E-state index is 12.1. The molecule has 1 saturated heterocycles. The van der Waals surface area contributed by atoms with Crippen LogP contribution in [0.2, 0.25) is 0 Å². The number of nitrogens with one attached hydrogen (secondary N) is 1. The minimum Gasteiger partial charge on any atom is -0.355 e. The lowest BCUT2D eigenvalue weighted by Crippen LogP contribution is -2.30. The Balaban J connectivity index is 1.85. The van der Waals surface area contributed by atoms with E-state index in [9.17, 15) is 4.79 Å². The van der Waals surface area contributed by atoms with Crippen LogP contribution in [0.4, 0.5) is 0 Å². The fourth-order valence-corrected chi connectivity index (χ4v) is 3.58. The third-order valence-electron chi connectivity index (χ3n) is 3.64. The van der Waals surface area contributed by atoms with E-state index in [0.29, 0.717) is 5.16 Å². The standard InChI is InChI=1S/C17H19N3OS/c1-12-11-14(13-7-3-2-4-8-13)20-17(19-12)22-15-9-5-6-10-18-16(15)21/h2-4,7-8,11,15H,5-6,9-10H2,1H3,(H,18,21)/t15-/m1/s1. The first-order valence-corrected chi connectivity index (χ1v) is 8.46. The molecule has 4 nitrogen and oxygen atoms in total. The highest BCUT2D eigenvalue weighted by atomic mass is 32.2. The monoisotopic (exact) mass is 313 g/mol. The van der Waals surface area contributed by atoms with E-state index in [1.165, 1.54) is 11.8 Å². The third-order valence-corrected chi connectivity index (χ3v) is 4.76. The van der Waals surface area contributed by atoms with Gasteiger partial charge in [0.05, 0.1) is 10.9 Å². The molecule has 1 aliphatic heterocycles. The van der Waals surface area contributed by atoms with Crippen LogP contribution in [0, 0.1) is 6.92 Å². The van der Waals surface area contributed by atoms with Crippen LogP contribution in [0.1, 0.15) is 25.0 Å². The summed E-state index contributed by atoms with van der Waals surface area (Å²) in [5.74, 6) is 0.105. The summed E-state index contributed by atoms with van der Waals surface area (Å²) in [6.45, 7) is 2.74. The number of hydrogen-bond acceptors (Lipinski definition) is 4. The number of hydrogen-bond donors (Lipinski definition) is 1.